The molecule has 0 N–H and O–H groups in total. The Labute approximate surface area is 101 Å². The van der Waals surface area contributed by atoms with E-state index in [1.165, 1.54) is 0 Å². The second kappa shape index (κ2) is 3.57. The topological polar surface area (TPSA) is 43.1 Å². The van der Waals surface area contributed by atoms with Crippen molar-refractivity contribution in [2.75, 3.05) is 0 Å². The average molecular weight is 253 g/mol. The largest absolute Gasteiger partial charge is 0.268 e. The molecule has 0 unspecified atom stereocenters. The van der Waals surface area contributed by atoms with Crippen LogP contribution in [0.2, 0.25) is 5.02 Å². The Morgan fingerprint density at radius 3 is 3.00 bits per heavy atom. The summed E-state index contributed by atoms with van der Waals surface area (Å²) in [6.07, 6.45) is 1.59. The molecule has 1 aromatic carbocycles. The highest BCUT2D eigenvalue weighted by atomic mass is 35.5. The third kappa shape index (κ3) is 1.27. The van der Waals surface area contributed by atoms with Gasteiger partial charge >= 0.3 is 0 Å². The van der Waals surface area contributed by atoms with Crippen LogP contribution in [0.4, 0.5) is 0 Å². The fourth-order valence-electron chi connectivity index (χ4n) is 1.71. The van der Waals surface area contributed by atoms with E-state index >= 15 is 0 Å². The van der Waals surface area contributed by atoms with Crippen LogP contribution in [0.25, 0.3) is 16.6 Å². The maximum Gasteiger partial charge on any atom is 0.173 e. The molecule has 0 saturated heterocycles. The third-order valence-corrected chi connectivity index (χ3v) is 2.96. The Morgan fingerprint density at radius 2 is 2.19 bits per heavy atom. The van der Waals surface area contributed by atoms with Gasteiger partial charge in [-0.3, -0.25) is 4.40 Å². The van der Waals surface area contributed by atoms with Gasteiger partial charge in [-0.25, -0.2) is 4.98 Å². The van der Waals surface area contributed by atoms with Crippen molar-refractivity contribution < 1.29 is 0 Å². The van der Waals surface area contributed by atoms with E-state index in [0.717, 1.165) is 10.9 Å². The Hall–Kier alpha value is -1.39. The normalized spacial score (nSPS) is 11.4. The van der Waals surface area contributed by atoms with Crippen molar-refractivity contribution in [3.05, 3.63) is 35.4 Å². The number of fused-ring (bicyclic) bond motifs is 3. The van der Waals surface area contributed by atoms with Gasteiger partial charge in [-0.15, -0.1) is 21.8 Å². The highest BCUT2D eigenvalue weighted by Crippen LogP contribution is 2.26. The minimum atomic E-state index is 0.303. The van der Waals surface area contributed by atoms with E-state index < -0.39 is 0 Å². The molecule has 0 aliphatic heterocycles. The van der Waals surface area contributed by atoms with E-state index in [-0.39, 0.29) is 0 Å². The van der Waals surface area contributed by atoms with Crippen molar-refractivity contribution in [3.63, 3.8) is 0 Å². The van der Waals surface area contributed by atoms with Gasteiger partial charge in [0.05, 0.1) is 21.8 Å². The Morgan fingerprint density at radius 1 is 1.31 bits per heavy atom. The smallest absolute Gasteiger partial charge is 0.173 e. The summed E-state index contributed by atoms with van der Waals surface area (Å²) in [5.41, 5.74) is 1.47. The molecule has 0 radical (unpaired) electrons. The quantitative estimate of drug-likeness (QED) is 0.626. The Kier molecular flexibility index (Phi) is 2.19. The number of hydrogen-bond donors (Lipinski definition) is 0. The van der Waals surface area contributed by atoms with Crippen LogP contribution in [-0.2, 0) is 5.88 Å². The molecule has 2 heterocycles. The zero-order chi connectivity index (χ0) is 11.1. The number of halogens is 2. The minimum Gasteiger partial charge on any atom is -0.268 e. The Bertz CT molecular complexity index is 677. The number of aromatic nitrogens is 4. The average Bonchev–Trinajstić information content (AvgIpc) is 2.76. The van der Waals surface area contributed by atoms with Crippen molar-refractivity contribution in [2.24, 2.45) is 0 Å². The van der Waals surface area contributed by atoms with Gasteiger partial charge in [0.15, 0.2) is 5.65 Å². The van der Waals surface area contributed by atoms with Gasteiger partial charge < -0.3 is 0 Å². The van der Waals surface area contributed by atoms with E-state index in [1.807, 2.05) is 12.1 Å². The second-order valence-corrected chi connectivity index (χ2v) is 3.99. The van der Waals surface area contributed by atoms with E-state index in [9.17, 15) is 0 Å². The maximum absolute atomic E-state index is 6.13. The fraction of sp³-hybridized carbons (Fsp3) is 0.100. The zero-order valence-corrected chi connectivity index (χ0v) is 9.57. The summed E-state index contributed by atoms with van der Waals surface area (Å²) < 4.78 is 1.75. The monoisotopic (exact) mass is 252 g/mol. The molecule has 6 heteroatoms. The molecule has 0 bridgehead atoms. The van der Waals surface area contributed by atoms with Gasteiger partial charge in [0, 0.05) is 0 Å². The molecule has 0 atom stereocenters. The second-order valence-electron chi connectivity index (χ2n) is 3.32. The molecular weight excluding hydrogens is 247 g/mol. The molecule has 3 rings (SSSR count). The highest BCUT2D eigenvalue weighted by Gasteiger charge is 2.11. The lowest BCUT2D eigenvalue weighted by Crippen LogP contribution is -1.99. The summed E-state index contributed by atoms with van der Waals surface area (Å²) >= 11 is 12.0. The molecule has 80 valence electrons. The molecule has 0 aliphatic carbocycles. The molecule has 16 heavy (non-hydrogen) atoms. The Balaban J connectivity index is 2.60. The van der Waals surface area contributed by atoms with Gasteiger partial charge in [0.25, 0.3) is 0 Å². The molecular formula is C10H6Cl2N4. The summed E-state index contributed by atoms with van der Waals surface area (Å²) in [4.78, 5) is 4.42. The van der Waals surface area contributed by atoms with Crippen LogP contribution in [-0.4, -0.2) is 19.6 Å². The lowest BCUT2D eigenvalue weighted by atomic mass is 10.2. The third-order valence-electron chi connectivity index (χ3n) is 2.41. The number of rotatable bonds is 1. The molecule has 0 saturated carbocycles. The predicted octanol–water partition coefficient (Wildman–Crippen LogP) is 2.67. The number of benzene rings is 1. The summed E-state index contributed by atoms with van der Waals surface area (Å²) in [5.74, 6) is 1.01. The molecule has 0 spiro atoms. The lowest BCUT2D eigenvalue weighted by Gasteiger charge is -2.05. The van der Waals surface area contributed by atoms with Gasteiger partial charge in [-0.2, -0.15) is 0 Å². The fourth-order valence-corrected chi connectivity index (χ4v) is 2.15. The summed E-state index contributed by atoms with van der Waals surface area (Å²) in [6, 6.07) is 5.54. The standard InChI is InChI=1S/C10H6Cl2N4/c11-4-8-14-7-3-1-2-6(12)9(7)10-15-13-5-16(8)10/h1-3,5H,4H2. The summed E-state index contributed by atoms with van der Waals surface area (Å²) in [7, 11) is 0. The van der Waals surface area contributed by atoms with Crippen LogP contribution in [0, 0.1) is 0 Å². The molecule has 4 nitrogen and oxygen atoms in total. The van der Waals surface area contributed by atoms with Crippen molar-refractivity contribution in [1.29, 1.82) is 0 Å². The van der Waals surface area contributed by atoms with Gasteiger partial charge in [-0.05, 0) is 12.1 Å². The van der Waals surface area contributed by atoms with Crippen molar-refractivity contribution >= 4 is 39.8 Å². The number of hydrogen-bond acceptors (Lipinski definition) is 3. The van der Waals surface area contributed by atoms with Gasteiger partial charge in [-0.1, -0.05) is 17.7 Å². The van der Waals surface area contributed by atoms with Gasteiger partial charge in [0.2, 0.25) is 0 Å². The predicted molar refractivity (Wildman–Crippen MR) is 62.9 cm³/mol. The lowest BCUT2D eigenvalue weighted by molar-refractivity contribution is 0.983. The first kappa shape index (κ1) is 9.81. The van der Waals surface area contributed by atoms with Crippen LogP contribution in [0.15, 0.2) is 24.5 Å². The summed E-state index contributed by atoms with van der Waals surface area (Å²) in [6.45, 7) is 0. The first-order valence-corrected chi connectivity index (χ1v) is 5.55. The molecule has 0 fully saturated rings. The van der Waals surface area contributed by atoms with E-state index in [1.54, 1.807) is 16.8 Å². The van der Waals surface area contributed by atoms with E-state index in [0.29, 0.717) is 22.4 Å². The first-order chi connectivity index (χ1) is 7.81. The molecule has 2 aromatic heterocycles. The highest BCUT2D eigenvalue weighted by molar-refractivity contribution is 6.36. The molecule has 3 aromatic rings. The molecule has 0 amide bonds. The van der Waals surface area contributed by atoms with E-state index in [4.69, 9.17) is 23.2 Å². The van der Waals surface area contributed by atoms with Crippen molar-refractivity contribution in [2.45, 2.75) is 5.88 Å². The number of alkyl halides is 1. The minimum absolute atomic E-state index is 0.303. The van der Waals surface area contributed by atoms with Crippen LogP contribution >= 0.6 is 23.2 Å². The van der Waals surface area contributed by atoms with Gasteiger partial charge in [0.1, 0.15) is 12.2 Å². The van der Waals surface area contributed by atoms with E-state index in [2.05, 4.69) is 15.2 Å². The first-order valence-electron chi connectivity index (χ1n) is 4.64. The number of nitrogens with zero attached hydrogens (tertiary/aromatic N) is 4. The SMILES string of the molecule is ClCc1nc2cccc(Cl)c2c2nncn12. The van der Waals surface area contributed by atoms with Crippen LogP contribution < -0.4 is 0 Å². The van der Waals surface area contributed by atoms with Crippen LogP contribution in [0.3, 0.4) is 0 Å². The van der Waals surface area contributed by atoms with Crippen molar-refractivity contribution in [1.82, 2.24) is 19.6 Å². The summed E-state index contributed by atoms with van der Waals surface area (Å²) in [5, 5.41) is 9.32. The zero-order valence-electron chi connectivity index (χ0n) is 8.06. The maximum atomic E-state index is 6.13. The molecule has 0 aliphatic rings. The van der Waals surface area contributed by atoms with Crippen LogP contribution in [0.5, 0.6) is 0 Å². The van der Waals surface area contributed by atoms with Crippen LogP contribution in [0.1, 0.15) is 5.82 Å². The van der Waals surface area contributed by atoms with Crippen molar-refractivity contribution in [3.8, 4) is 0 Å².